The summed E-state index contributed by atoms with van der Waals surface area (Å²) in [7, 11) is 0. The maximum atomic E-state index is 12.7. The highest BCUT2D eigenvalue weighted by Crippen LogP contribution is 2.20. The zero-order valence-electron chi connectivity index (χ0n) is 9.77. The van der Waals surface area contributed by atoms with Gasteiger partial charge in [-0.15, -0.1) is 0 Å². The standard InChI is InChI=1S/C13H16FNO2/c1-9(15-7-11(8-15)13(16)17)6-10-2-4-12(14)5-3-10/h2-5,9,11H,6-8H2,1H3,(H,16,17). The Balaban J connectivity index is 1.84. The van der Waals surface area contributed by atoms with Crippen molar-refractivity contribution in [3.05, 3.63) is 35.6 Å². The van der Waals surface area contributed by atoms with Gasteiger partial charge in [-0.2, -0.15) is 0 Å². The predicted octanol–water partition coefficient (Wildman–Crippen LogP) is 1.77. The van der Waals surface area contributed by atoms with E-state index in [2.05, 4.69) is 11.8 Å². The van der Waals surface area contributed by atoms with Gasteiger partial charge in [0.05, 0.1) is 5.92 Å². The normalized spacial score (nSPS) is 18.7. The first-order valence-corrected chi connectivity index (χ1v) is 5.77. The SMILES string of the molecule is CC(Cc1ccc(F)cc1)N1CC(C(=O)O)C1. The van der Waals surface area contributed by atoms with Crippen molar-refractivity contribution >= 4 is 5.97 Å². The van der Waals surface area contributed by atoms with E-state index in [1.807, 2.05) is 0 Å². The average molecular weight is 237 g/mol. The van der Waals surface area contributed by atoms with Gasteiger partial charge in [0, 0.05) is 19.1 Å². The van der Waals surface area contributed by atoms with Crippen LogP contribution in [0.2, 0.25) is 0 Å². The molecule has 1 unspecified atom stereocenters. The molecule has 0 aliphatic carbocycles. The van der Waals surface area contributed by atoms with Crippen LogP contribution in [0.1, 0.15) is 12.5 Å². The van der Waals surface area contributed by atoms with Gasteiger partial charge in [0.1, 0.15) is 5.82 Å². The fourth-order valence-corrected chi connectivity index (χ4v) is 2.12. The minimum Gasteiger partial charge on any atom is -0.481 e. The van der Waals surface area contributed by atoms with Crippen LogP contribution >= 0.6 is 0 Å². The van der Waals surface area contributed by atoms with Gasteiger partial charge in [0.25, 0.3) is 0 Å². The number of likely N-dealkylation sites (tertiary alicyclic amines) is 1. The first kappa shape index (κ1) is 12.0. The van der Waals surface area contributed by atoms with Gasteiger partial charge in [0.15, 0.2) is 0 Å². The van der Waals surface area contributed by atoms with E-state index in [-0.39, 0.29) is 11.7 Å². The molecular formula is C13H16FNO2. The molecule has 1 aliphatic rings. The highest BCUT2D eigenvalue weighted by atomic mass is 19.1. The van der Waals surface area contributed by atoms with Crippen molar-refractivity contribution in [1.82, 2.24) is 4.90 Å². The third-order valence-electron chi connectivity index (χ3n) is 3.33. The second-order valence-electron chi connectivity index (χ2n) is 4.67. The molecule has 3 nitrogen and oxygen atoms in total. The third kappa shape index (κ3) is 2.82. The molecule has 92 valence electrons. The summed E-state index contributed by atoms with van der Waals surface area (Å²) in [5.41, 5.74) is 1.08. The molecule has 1 N–H and O–H groups in total. The van der Waals surface area contributed by atoms with Crippen molar-refractivity contribution in [1.29, 1.82) is 0 Å². The Labute approximate surface area is 99.9 Å². The number of aliphatic carboxylic acids is 1. The van der Waals surface area contributed by atoms with E-state index in [1.165, 1.54) is 12.1 Å². The summed E-state index contributed by atoms with van der Waals surface area (Å²) in [5.74, 6) is -1.16. The van der Waals surface area contributed by atoms with Crippen molar-refractivity contribution in [2.45, 2.75) is 19.4 Å². The fourth-order valence-electron chi connectivity index (χ4n) is 2.12. The van der Waals surface area contributed by atoms with Crippen LogP contribution in [-0.4, -0.2) is 35.1 Å². The Hall–Kier alpha value is -1.42. The zero-order valence-corrected chi connectivity index (χ0v) is 9.77. The molecule has 1 aromatic rings. The van der Waals surface area contributed by atoms with Gasteiger partial charge in [0.2, 0.25) is 0 Å². The highest BCUT2D eigenvalue weighted by Gasteiger charge is 2.34. The van der Waals surface area contributed by atoms with Crippen LogP contribution in [0.25, 0.3) is 0 Å². The lowest BCUT2D eigenvalue weighted by molar-refractivity contribution is -0.148. The van der Waals surface area contributed by atoms with Crippen molar-refractivity contribution in [3.8, 4) is 0 Å². The van der Waals surface area contributed by atoms with Crippen LogP contribution in [0, 0.1) is 11.7 Å². The molecule has 1 aromatic carbocycles. The van der Waals surface area contributed by atoms with E-state index >= 15 is 0 Å². The minimum absolute atomic E-state index is 0.217. The van der Waals surface area contributed by atoms with Gasteiger partial charge in [-0.3, -0.25) is 9.69 Å². The van der Waals surface area contributed by atoms with Crippen LogP contribution in [0.3, 0.4) is 0 Å². The second-order valence-corrected chi connectivity index (χ2v) is 4.67. The average Bonchev–Trinajstić information content (AvgIpc) is 2.18. The lowest BCUT2D eigenvalue weighted by atomic mass is 9.95. The van der Waals surface area contributed by atoms with Gasteiger partial charge in [-0.25, -0.2) is 4.39 Å². The van der Waals surface area contributed by atoms with Crippen LogP contribution in [0.5, 0.6) is 0 Å². The van der Waals surface area contributed by atoms with E-state index in [1.54, 1.807) is 12.1 Å². The summed E-state index contributed by atoms with van der Waals surface area (Å²) in [4.78, 5) is 12.8. The maximum Gasteiger partial charge on any atom is 0.309 e. The Morgan fingerprint density at radius 1 is 1.47 bits per heavy atom. The molecule has 0 aromatic heterocycles. The predicted molar refractivity (Wildman–Crippen MR) is 62.3 cm³/mol. The number of nitrogens with zero attached hydrogens (tertiary/aromatic N) is 1. The van der Waals surface area contributed by atoms with Gasteiger partial charge >= 0.3 is 5.97 Å². The molecule has 0 spiro atoms. The number of carboxylic acid groups (broad SMARTS) is 1. The highest BCUT2D eigenvalue weighted by molar-refractivity contribution is 5.71. The molecule has 17 heavy (non-hydrogen) atoms. The molecule has 0 saturated carbocycles. The second kappa shape index (κ2) is 4.84. The summed E-state index contributed by atoms with van der Waals surface area (Å²) in [5, 5.41) is 8.78. The van der Waals surface area contributed by atoms with E-state index in [4.69, 9.17) is 5.11 Å². The summed E-state index contributed by atoms with van der Waals surface area (Å²) in [6, 6.07) is 6.77. The number of hydrogen-bond acceptors (Lipinski definition) is 2. The monoisotopic (exact) mass is 237 g/mol. The number of halogens is 1. The Morgan fingerprint density at radius 2 is 2.06 bits per heavy atom. The molecule has 1 heterocycles. The molecule has 2 rings (SSSR count). The van der Waals surface area contributed by atoms with E-state index < -0.39 is 5.97 Å². The summed E-state index contributed by atoms with van der Waals surface area (Å²) < 4.78 is 12.7. The van der Waals surface area contributed by atoms with Gasteiger partial charge in [-0.1, -0.05) is 12.1 Å². The van der Waals surface area contributed by atoms with E-state index in [9.17, 15) is 9.18 Å². The number of rotatable bonds is 4. The minimum atomic E-state index is -0.713. The molecule has 0 amide bonds. The number of hydrogen-bond donors (Lipinski definition) is 1. The van der Waals surface area contributed by atoms with Crippen LogP contribution < -0.4 is 0 Å². The lowest BCUT2D eigenvalue weighted by Gasteiger charge is -2.41. The van der Waals surface area contributed by atoms with E-state index in [0.29, 0.717) is 19.1 Å². The van der Waals surface area contributed by atoms with E-state index in [0.717, 1.165) is 12.0 Å². The topological polar surface area (TPSA) is 40.5 Å². The Morgan fingerprint density at radius 3 is 2.59 bits per heavy atom. The Kier molecular flexibility index (Phi) is 3.43. The largest absolute Gasteiger partial charge is 0.481 e. The van der Waals surface area contributed by atoms with Gasteiger partial charge < -0.3 is 5.11 Å². The number of carbonyl (C=O) groups is 1. The first-order valence-electron chi connectivity index (χ1n) is 5.77. The van der Waals surface area contributed by atoms with Crippen molar-refractivity contribution in [2.24, 2.45) is 5.92 Å². The summed E-state index contributed by atoms with van der Waals surface area (Å²) >= 11 is 0. The van der Waals surface area contributed by atoms with Crippen molar-refractivity contribution in [2.75, 3.05) is 13.1 Å². The van der Waals surface area contributed by atoms with Crippen LogP contribution in [-0.2, 0) is 11.2 Å². The molecule has 4 heteroatoms. The van der Waals surface area contributed by atoms with Crippen LogP contribution in [0.15, 0.2) is 24.3 Å². The molecule has 0 radical (unpaired) electrons. The quantitative estimate of drug-likeness (QED) is 0.867. The van der Waals surface area contributed by atoms with Crippen molar-refractivity contribution < 1.29 is 14.3 Å². The molecule has 1 saturated heterocycles. The fraction of sp³-hybridized carbons (Fsp3) is 0.462. The lowest BCUT2D eigenvalue weighted by Crippen LogP contribution is -2.54. The summed E-state index contributed by atoms with van der Waals surface area (Å²) in [6.07, 6.45) is 0.826. The smallest absolute Gasteiger partial charge is 0.309 e. The summed E-state index contributed by atoms with van der Waals surface area (Å²) in [6.45, 7) is 3.32. The maximum absolute atomic E-state index is 12.7. The first-order chi connectivity index (χ1) is 8.06. The number of benzene rings is 1. The molecule has 1 aliphatic heterocycles. The molecule has 1 atom stereocenters. The molecule has 0 bridgehead atoms. The van der Waals surface area contributed by atoms with Crippen molar-refractivity contribution in [3.63, 3.8) is 0 Å². The van der Waals surface area contributed by atoms with Gasteiger partial charge in [-0.05, 0) is 31.0 Å². The third-order valence-corrected chi connectivity index (χ3v) is 3.33. The molecule has 1 fully saturated rings. The number of carboxylic acids is 1. The Bertz CT molecular complexity index is 398. The molecular weight excluding hydrogens is 221 g/mol. The van der Waals surface area contributed by atoms with Crippen LogP contribution in [0.4, 0.5) is 4.39 Å². The zero-order chi connectivity index (χ0) is 12.4.